The second kappa shape index (κ2) is 5.32. The molecule has 0 fully saturated rings. The van der Waals surface area contributed by atoms with Crippen LogP contribution in [0.5, 0.6) is 0 Å². The predicted molar refractivity (Wildman–Crippen MR) is 76.3 cm³/mol. The van der Waals surface area contributed by atoms with Gasteiger partial charge in [0.2, 0.25) is 0 Å². The van der Waals surface area contributed by atoms with Gasteiger partial charge in [0.05, 0.1) is 6.04 Å². The summed E-state index contributed by atoms with van der Waals surface area (Å²) in [5, 5.41) is 0. The Kier molecular flexibility index (Phi) is 3.97. The number of rotatable bonds is 2. The van der Waals surface area contributed by atoms with Crippen molar-refractivity contribution in [2.45, 2.75) is 13.0 Å². The third kappa shape index (κ3) is 2.70. The summed E-state index contributed by atoms with van der Waals surface area (Å²) >= 11 is 2.01. The Bertz CT molecular complexity index is 584. The summed E-state index contributed by atoms with van der Waals surface area (Å²) < 4.78 is 27.5. The highest BCUT2D eigenvalue weighted by Gasteiger charge is 2.16. The average molecular weight is 359 g/mol. The predicted octanol–water partition coefficient (Wildman–Crippen LogP) is 3.93. The Labute approximate surface area is 118 Å². The lowest BCUT2D eigenvalue weighted by Gasteiger charge is -2.16. The van der Waals surface area contributed by atoms with Crippen LogP contribution in [-0.2, 0) is 0 Å². The Morgan fingerprint density at radius 3 is 2.44 bits per heavy atom. The van der Waals surface area contributed by atoms with Crippen LogP contribution in [0.1, 0.15) is 22.7 Å². The van der Waals surface area contributed by atoms with Gasteiger partial charge in [-0.15, -0.1) is 0 Å². The van der Waals surface area contributed by atoms with Gasteiger partial charge in [-0.3, -0.25) is 0 Å². The smallest absolute Gasteiger partial charge is 0.128 e. The molecule has 1 unspecified atom stereocenters. The lowest BCUT2D eigenvalue weighted by Crippen LogP contribution is -2.15. The highest BCUT2D eigenvalue weighted by atomic mass is 127. The van der Waals surface area contributed by atoms with Crippen molar-refractivity contribution < 1.29 is 8.78 Å². The summed E-state index contributed by atoms with van der Waals surface area (Å²) in [5.74, 6) is -0.659. The van der Waals surface area contributed by atoms with Crippen molar-refractivity contribution in [3.05, 3.63) is 68.3 Å². The first-order chi connectivity index (χ1) is 8.49. The molecular weight excluding hydrogens is 347 g/mol. The molecule has 1 atom stereocenters. The fraction of sp³-hybridized carbons (Fsp3) is 0.143. The molecule has 2 rings (SSSR count). The van der Waals surface area contributed by atoms with Crippen LogP contribution in [0.25, 0.3) is 0 Å². The summed E-state index contributed by atoms with van der Waals surface area (Å²) in [6, 6.07) is 8.57. The van der Waals surface area contributed by atoms with Gasteiger partial charge in [0.15, 0.2) is 0 Å². The Balaban J connectivity index is 2.47. The van der Waals surface area contributed by atoms with Crippen LogP contribution in [0, 0.1) is 22.1 Å². The monoisotopic (exact) mass is 359 g/mol. The first kappa shape index (κ1) is 13.4. The molecule has 2 aromatic rings. The van der Waals surface area contributed by atoms with Crippen LogP contribution in [0.15, 0.2) is 36.4 Å². The fourth-order valence-electron chi connectivity index (χ4n) is 1.82. The number of benzene rings is 2. The highest BCUT2D eigenvalue weighted by molar-refractivity contribution is 14.1. The number of halogens is 3. The van der Waals surface area contributed by atoms with E-state index in [1.165, 1.54) is 18.2 Å². The van der Waals surface area contributed by atoms with E-state index in [-0.39, 0.29) is 11.6 Å². The van der Waals surface area contributed by atoms with E-state index in [0.29, 0.717) is 9.13 Å². The minimum atomic E-state index is -0.586. The molecular formula is C14H12F2IN. The summed E-state index contributed by atoms with van der Waals surface area (Å²) in [4.78, 5) is 0. The van der Waals surface area contributed by atoms with Crippen LogP contribution in [0.2, 0.25) is 0 Å². The van der Waals surface area contributed by atoms with Crippen LogP contribution in [0.3, 0.4) is 0 Å². The van der Waals surface area contributed by atoms with Crippen LogP contribution in [0.4, 0.5) is 8.78 Å². The summed E-state index contributed by atoms with van der Waals surface area (Å²) in [6.07, 6.45) is 0. The number of hydrogen-bond donors (Lipinski definition) is 1. The zero-order chi connectivity index (χ0) is 13.3. The quantitative estimate of drug-likeness (QED) is 0.808. The van der Waals surface area contributed by atoms with Gasteiger partial charge >= 0.3 is 0 Å². The molecule has 0 heterocycles. The Morgan fingerprint density at radius 1 is 1.06 bits per heavy atom. The van der Waals surface area contributed by atoms with E-state index in [4.69, 9.17) is 5.73 Å². The van der Waals surface area contributed by atoms with Crippen LogP contribution in [-0.4, -0.2) is 0 Å². The SMILES string of the molecule is Cc1ccc(F)c(C(N)c2ccc(F)cc2I)c1. The van der Waals surface area contributed by atoms with E-state index >= 15 is 0 Å². The minimum Gasteiger partial charge on any atom is -0.320 e. The fourth-order valence-corrected chi connectivity index (χ4v) is 2.64. The maximum Gasteiger partial charge on any atom is 0.128 e. The van der Waals surface area contributed by atoms with Gasteiger partial charge in [0.1, 0.15) is 11.6 Å². The van der Waals surface area contributed by atoms with Gasteiger partial charge in [0, 0.05) is 9.13 Å². The number of hydrogen-bond acceptors (Lipinski definition) is 1. The van der Waals surface area contributed by atoms with Crippen molar-refractivity contribution in [3.8, 4) is 0 Å². The molecule has 2 aromatic carbocycles. The molecule has 94 valence electrons. The van der Waals surface area contributed by atoms with Crippen molar-refractivity contribution >= 4 is 22.6 Å². The Morgan fingerprint density at radius 2 is 1.78 bits per heavy atom. The summed E-state index contributed by atoms with van der Waals surface area (Å²) in [7, 11) is 0. The van der Waals surface area contributed by atoms with Crippen molar-refractivity contribution in [1.29, 1.82) is 0 Å². The first-order valence-corrected chi connectivity index (χ1v) is 6.53. The maximum absolute atomic E-state index is 13.8. The molecule has 18 heavy (non-hydrogen) atoms. The molecule has 0 aliphatic heterocycles. The van der Waals surface area contributed by atoms with E-state index in [1.807, 2.05) is 29.5 Å². The lowest BCUT2D eigenvalue weighted by molar-refractivity contribution is 0.597. The zero-order valence-electron chi connectivity index (χ0n) is 9.75. The molecule has 2 N–H and O–H groups in total. The average Bonchev–Trinajstić information content (AvgIpc) is 2.31. The number of nitrogens with two attached hydrogens (primary N) is 1. The molecule has 4 heteroatoms. The molecule has 0 aliphatic rings. The summed E-state index contributed by atoms with van der Waals surface area (Å²) in [6.45, 7) is 1.88. The van der Waals surface area contributed by atoms with E-state index in [0.717, 1.165) is 11.1 Å². The molecule has 0 saturated carbocycles. The summed E-state index contributed by atoms with van der Waals surface area (Å²) in [5.41, 5.74) is 8.17. The van der Waals surface area contributed by atoms with Crippen molar-refractivity contribution in [2.24, 2.45) is 5.73 Å². The minimum absolute atomic E-state index is 0.319. The van der Waals surface area contributed by atoms with Gasteiger partial charge < -0.3 is 5.73 Å². The zero-order valence-corrected chi connectivity index (χ0v) is 11.9. The molecule has 0 amide bonds. The standard InChI is InChI=1S/C14H12F2IN/c1-8-2-5-12(16)11(6-8)14(18)10-4-3-9(15)7-13(10)17/h2-7,14H,18H2,1H3. The third-order valence-electron chi connectivity index (χ3n) is 2.78. The molecule has 1 nitrogen and oxygen atoms in total. The topological polar surface area (TPSA) is 26.0 Å². The molecule has 0 aliphatic carbocycles. The first-order valence-electron chi connectivity index (χ1n) is 5.45. The number of aryl methyl sites for hydroxylation is 1. The lowest BCUT2D eigenvalue weighted by atomic mass is 9.97. The normalized spacial score (nSPS) is 12.5. The van der Waals surface area contributed by atoms with E-state index < -0.39 is 6.04 Å². The highest BCUT2D eigenvalue weighted by Crippen LogP contribution is 2.27. The maximum atomic E-state index is 13.8. The van der Waals surface area contributed by atoms with Gasteiger partial charge in [0.25, 0.3) is 0 Å². The van der Waals surface area contributed by atoms with Crippen LogP contribution >= 0.6 is 22.6 Å². The Hall–Kier alpha value is -1.01. The van der Waals surface area contributed by atoms with Gasteiger partial charge in [-0.05, 0) is 53.3 Å². The van der Waals surface area contributed by atoms with Gasteiger partial charge in [-0.2, -0.15) is 0 Å². The van der Waals surface area contributed by atoms with Crippen molar-refractivity contribution in [3.63, 3.8) is 0 Å². The van der Waals surface area contributed by atoms with Crippen LogP contribution < -0.4 is 5.73 Å². The molecule has 0 bridgehead atoms. The van der Waals surface area contributed by atoms with E-state index in [2.05, 4.69) is 0 Å². The van der Waals surface area contributed by atoms with E-state index in [1.54, 1.807) is 18.2 Å². The molecule has 0 radical (unpaired) electrons. The molecule has 0 aromatic heterocycles. The van der Waals surface area contributed by atoms with E-state index in [9.17, 15) is 8.78 Å². The second-order valence-corrected chi connectivity index (χ2v) is 5.33. The van der Waals surface area contributed by atoms with Gasteiger partial charge in [-0.25, -0.2) is 8.78 Å². The third-order valence-corrected chi connectivity index (χ3v) is 3.72. The largest absolute Gasteiger partial charge is 0.320 e. The van der Waals surface area contributed by atoms with Gasteiger partial charge in [-0.1, -0.05) is 23.8 Å². The molecule has 0 spiro atoms. The van der Waals surface area contributed by atoms with Crippen molar-refractivity contribution in [2.75, 3.05) is 0 Å². The molecule has 0 saturated heterocycles. The second-order valence-electron chi connectivity index (χ2n) is 4.17. The van der Waals surface area contributed by atoms with Crippen molar-refractivity contribution in [1.82, 2.24) is 0 Å².